The molecule has 2 heterocycles. The molecule has 1 aliphatic heterocycles. The summed E-state index contributed by atoms with van der Waals surface area (Å²) in [6.07, 6.45) is 7.29. The lowest BCUT2D eigenvalue weighted by Crippen LogP contribution is -2.42. The molecule has 3 atom stereocenters. The van der Waals surface area contributed by atoms with Crippen LogP contribution in [0.2, 0.25) is 0 Å². The maximum absolute atomic E-state index is 13.2. The number of carbonyl (C=O) groups excluding carboxylic acids is 1. The van der Waals surface area contributed by atoms with Gasteiger partial charge in [-0.15, -0.1) is 0 Å². The Morgan fingerprint density at radius 2 is 2.17 bits per heavy atom. The van der Waals surface area contributed by atoms with E-state index in [2.05, 4.69) is 13.0 Å². The molecular formula is C20H25NO3. The molecule has 4 heteroatoms. The molecule has 1 saturated carbocycles. The van der Waals surface area contributed by atoms with Crippen LogP contribution in [0.25, 0.3) is 11.0 Å². The lowest BCUT2D eigenvalue weighted by Gasteiger charge is -2.31. The Morgan fingerprint density at radius 1 is 1.29 bits per heavy atom. The standard InChI is InChI=1S/C20H25NO3/c1-2-13-8-9-19-15(11-13)16(12-24-19)20(23)21-10-4-6-17(21)14-5-3-7-18(14)22/h8-9,11-12,14,17-18,22H,2-7,10H2,1H3. The second-order valence-corrected chi connectivity index (χ2v) is 7.20. The Balaban J connectivity index is 1.65. The molecule has 1 aromatic carbocycles. The summed E-state index contributed by atoms with van der Waals surface area (Å²) in [5.41, 5.74) is 2.65. The Morgan fingerprint density at radius 3 is 2.92 bits per heavy atom. The molecule has 4 rings (SSSR count). The molecule has 2 aliphatic rings. The largest absolute Gasteiger partial charge is 0.463 e. The minimum absolute atomic E-state index is 0.0589. The highest BCUT2D eigenvalue weighted by Gasteiger charge is 2.40. The van der Waals surface area contributed by atoms with Gasteiger partial charge in [-0.1, -0.05) is 19.4 Å². The summed E-state index contributed by atoms with van der Waals surface area (Å²) >= 11 is 0. The smallest absolute Gasteiger partial charge is 0.258 e. The van der Waals surface area contributed by atoms with Crippen LogP contribution in [0.5, 0.6) is 0 Å². The molecule has 1 aliphatic carbocycles. The van der Waals surface area contributed by atoms with Crippen LogP contribution in [0, 0.1) is 5.92 Å². The number of likely N-dealkylation sites (tertiary alicyclic amines) is 1. The highest BCUT2D eigenvalue weighted by Crippen LogP contribution is 2.37. The number of nitrogens with zero attached hydrogens (tertiary/aromatic N) is 1. The molecular weight excluding hydrogens is 302 g/mol. The summed E-state index contributed by atoms with van der Waals surface area (Å²) in [5, 5.41) is 11.2. The van der Waals surface area contributed by atoms with Crippen molar-refractivity contribution in [2.75, 3.05) is 6.54 Å². The van der Waals surface area contributed by atoms with Gasteiger partial charge in [-0.25, -0.2) is 0 Å². The lowest BCUT2D eigenvalue weighted by atomic mass is 9.93. The number of aryl methyl sites for hydroxylation is 1. The van der Waals surface area contributed by atoms with E-state index in [0.29, 0.717) is 5.56 Å². The van der Waals surface area contributed by atoms with Gasteiger partial charge in [0.2, 0.25) is 0 Å². The van der Waals surface area contributed by atoms with Crippen LogP contribution in [0.15, 0.2) is 28.9 Å². The summed E-state index contributed by atoms with van der Waals surface area (Å²) in [5.74, 6) is 0.296. The topological polar surface area (TPSA) is 53.7 Å². The van der Waals surface area contributed by atoms with Gasteiger partial charge < -0.3 is 14.4 Å². The molecule has 0 spiro atoms. The first kappa shape index (κ1) is 15.7. The predicted octanol–water partition coefficient (Wildman–Crippen LogP) is 3.76. The van der Waals surface area contributed by atoms with Gasteiger partial charge >= 0.3 is 0 Å². The average Bonchev–Trinajstić information content (AvgIpc) is 3.32. The number of amides is 1. The van der Waals surface area contributed by atoms with Gasteiger partial charge in [0.05, 0.1) is 11.7 Å². The van der Waals surface area contributed by atoms with Crippen LogP contribution in [0.3, 0.4) is 0 Å². The zero-order chi connectivity index (χ0) is 16.7. The molecule has 24 heavy (non-hydrogen) atoms. The number of fused-ring (bicyclic) bond motifs is 1. The number of hydrogen-bond acceptors (Lipinski definition) is 3. The van der Waals surface area contributed by atoms with Crippen molar-refractivity contribution in [3.05, 3.63) is 35.6 Å². The zero-order valence-electron chi connectivity index (χ0n) is 14.2. The van der Waals surface area contributed by atoms with Gasteiger partial charge in [0.25, 0.3) is 5.91 Å². The highest BCUT2D eigenvalue weighted by atomic mass is 16.3. The van der Waals surface area contributed by atoms with Crippen molar-refractivity contribution in [1.82, 2.24) is 4.90 Å². The molecule has 1 N–H and O–H groups in total. The first-order chi connectivity index (χ1) is 11.7. The Hall–Kier alpha value is -1.81. The third-order valence-corrected chi connectivity index (χ3v) is 5.86. The van der Waals surface area contributed by atoms with Crippen LogP contribution in [-0.4, -0.2) is 34.6 Å². The van der Waals surface area contributed by atoms with E-state index in [4.69, 9.17) is 4.42 Å². The van der Waals surface area contributed by atoms with E-state index in [-0.39, 0.29) is 24.0 Å². The molecule has 4 nitrogen and oxygen atoms in total. The van der Waals surface area contributed by atoms with E-state index < -0.39 is 0 Å². The third-order valence-electron chi connectivity index (χ3n) is 5.86. The van der Waals surface area contributed by atoms with E-state index >= 15 is 0 Å². The molecule has 0 bridgehead atoms. The van der Waals surface area contributed by atoms with E-state index in [1.165, 1.54) is 5.56 Å². The average molecular weight is 327 g/mol. The summed E-state index contributed by atoms with van der Waals surface area (Å²) in [4.78, 5) is 15.2. The number of carbonyl (C=O) groups is 1. The van der Waals surface area contributed by atoms with E-state index in [1.807, 2.05) is 17.0 Å². The molecule has 1 aromatic heterocycles. The molecule has 1 saturated heterocycles. The quantitative estimate of drug-likeness (QED) is 0.934. The molecule has 1 amide bonds. The number of hydrogen-bond donors (Lipinski definition) is 1. The number of furan rings is 1. The third kappa shape index (κ3) is 2.53. The molecule has 128 valence electrons. The van der Waals surface area contributed by atoms with Crippen molar-refractivity contribution in [2.24, 2.45) is 5.92 Å². The maximum Gasteiger partial charge on any atom is 0.258 e. The number of benzene rings is 1. The van der Waals surface area contributed by atoms with Crippen molar-refractivity contribution in [3.8, 4) is 0 Å². The van der Waals surface area contributed by atoms with Crippen LogP contribution in [-0.2, 0) is 6.42 Å². The fourth-order valence-electron chi connectivity index (χ4n) is 4.52. The maximum atomic E-state index is 13.2. The fraction of sp³-hybridized carbons (Fsp3) is 0.550. The predicted molar refractivity (Wildman–Crippen MR) is 93.0 cm³/mol. The first-order valence-electron chi connectivity index (χ1n) is 9.18. The second-order valence-electron chi connectivity index (χ2n) is 7.20. The molecule has 3 unspecified atom stereocenters. The Labute approximate surface area is 142 Å². The van der Waals surface area contributed by atoms with Gasteiger partial charge in [-0.2, -0.15) is 0 Å². The van der Waals surface area contributed by atoms with Gasteiger partial charge in [0.15, 0.2) is 0 Å². The fourth-order valence-corrected chi connectivity index (χ4v) is 4.52. The van der Waals surface area contributed by atoms with Crippen molar-refractivity contribution >= 4 is 16.9 Å². The molecule has 2 aromatic rings. The van der Waals surface area contributed by atoms with Crippen molar-refractivity contribution in [2.45, 2.75) is 57.6 Å². The number of aliphatic hydroxyl groups excluding tert-OH is 1. The SMILES string of the molecule is CCc1ccc2occ(C(=O)N3CCCC3C3CCCC3O)c2c1. The Kier molecular flexibility index (Phi) is 4.09. The summed E-state index contributed by atoms with van der Waals surface area (Å²) in [6.45, 7) is 2.90. The molecule has 2 fully saturated rings. The van der Waals surface area contributed by atoms with E-state index in [9.17, 15) is 9.90 Å². The summed E-state index contributed by atoms with van der Waals surface area (Å²) in [6, 6.07) is 6.25. The van der Waals surface area contributed by atoms with Gasteiger partial charge in [0, 0.05) is 23.9 Å². The molecule has 0 radical (unpaired) electrons. The lowest BCUT2D eigenvalue weighted by molar-refractivity contribution is 0.0528. The second kappa shape index (κ2) is 6.25. The van der Waals surface area contributed by atoms with Gasteiger partial charge in [0.1, 0.15) is 11.8 Å². The minimum Gasteiger partial charge on any atom is -0.463 e. The Bertz CT molecular complexity index is 750. The monoisotopic (exact) mass is 327 g/mol. The summed E-state index contributed by atoms with van der Waals surface area (Å²) < 4.78 is 5.61. The minimum atomic E-state index is -0.254. The van der Waals surface area contributed by atoms with Crippen LogP contribution >= 0.6 is 0 Å². The van der Waals surface area contributed by atoms with Crippen LogP contribution in [0.4, 0.5) is 0 Å². The normalized spacial score (nSPS) is 27.2. The highest BCUT2D eigenvalue weighted by molar-refractivity contribution is 6.06. The van der Waals surface area contributed by atoms with Gasteiger partial charge in [-0.05, 0) is 49.8 Å². The van der Waals surface area contributed by atoms with Crippen LogP contribution in [0.1, 0.15) is 54.9 Å². The van der Waals surface area contributed by atoms with Crippen molar-refractivity contribution in [1.29, 1.82) is 0 Å². The zero-order valence-corrected chi connectivity index (χ0v) is 14.2. The summed E-state index contributed by atoms with van der Waals surface area (Å²) in [7, 11) is 0. The number of aliphatic hydroxyl groups is 1. The van der Waals surface area contributed by atoms with Crippen LogP contribution < -0.4 is 0 Å². The van der Waals surface area contributed by atoms with E-state index in [1.54, 1.807) is 6.26 Å². The first-order valence-corrected chi connectivity index (χ1v) is 9.18. The van der Waals surface area contributed by atoms with Crippen molar-refractivity contribution < 1.29 is 14.3 Å². The number of rotatable bonds is 3. The van der Waals surface area contributed by atoms with Crippen molar-refractivity contribution in [3.63, 3.8) is 0 Å². The van der Waals surface area contributed by atoms with Gasteiger partial charge in [-0.3, -0.25) is 4.79 Å². The van der Waals surface area contributed by atoms with E-state index in [0.717, 1.165) is 56.0 Å².